The van der Waals surface area contributed by atoms with Gasteiger partial charge in [-0.1, -0.05) is 52.8 Å². The topological polar surface area (TPSA) is 109 Å². The van der Waals surface area contributed by atoms with Crippen LogP contribution in [-0.2, 0) is 20.6 Å². The summed E-state index contributed by atoms with van der Waals surface area (Å²) in [6, 6.07) is 17.0. The lowest BCUT2D eigenvalue weighted by Gasteiger charge is -2.43. The largest absolute Gasteiger partial charge is 0.483 e. The molecule has 3 aromatic carbocycles. The molecular formula is C35H27ClF3N3O5S2. The molecule has 3 amide bonds. The number of nitrogens with one attached hydrogen (secondary N) is 2. The van der Waals surface area contributed by atoms with Crippen LogP contribution >= 0.6 is 34.7 Å². The smallest absolute Gasteiger partial charge is 0.418 e. The number of rotatable bonds is 6. The van der Waals surface area contributed by atoms with E-state index in [4.69, 9.17) is 16.3 Å². The molecule has 4 aliphatic rings. The molecule has 252 valence electrons. The summed E-state index contributed by atoms with van der Waals surface area (Å²) >= 11 is 9.03. The highest BCUT2D eigenvalue weighted by atomic mass is 35.5. The number of ether oxygens (including phenoxy) is 1. The van der Waals surface area contributed by atoms with E-state index in [1.165, 1.54) is 30.0 Å². The number of hydrogen-bond acceptors (Lipinski definition) is 7. The minimum Gasteiger partial charge on any atom is -0.483 e. The van der Waals surface area contributed by atoms with Crippen LogP contribution in [0.3, 0.4) is 0 Å². The highest BCUT2D eigenvalue weighted by Gasteiger charge is 2.70. The zero-order valence-electron chi connectivity index (χ0n) is 25.6. The number of benzene rings is 3. The highest BCUT2D eigenvalue weighted by Crippen LogP contribution is 2.69. The van der Waals surface area contributed by atoms with Crippen molar-refractivity contribution in [2.75, 3.05) is 16.8 Å². The number of aryl methyl sites for hydroxylation is 1. The fourth-order valence-electron chi connectivity index (χ4n) is 8.38. The van der Waals surface area contributed by atoms with Crippen molar-refractivity contribution in [2.24, 2.45) is 29.6 Å². The van der Waals surface area contributed by atoms with Crippen molar-refractivity contribution < 1.29 is 32.3 Å². The predicted octanol–water partition coefficient (Wildman–Crippen LogP) is 7.11. The van der Waals surface area contributed by atoms with Crippen LogP contribution in [-0.4, -0.2) is 34.6 Å². The molecule has 2 aliphatic carbocycles. The first kappa shape index (κ1) is 32.2. The van der Waals surface area contributed by atoms with E-state index in [0.29, 0.717) is 33.5 Å². The second-order valence-corrected chi connectivity index (χ2v) is 15.5. The Labute approximate surface area is 291 Å². The van der Waals surface area contributed by atoms with Crippen molar-refractivity contribution >= 4 is 63.8 Å². The predicted molar refractivity (Wildman–Crippen MR) is 179 cm³/mol. The SMILES string of the molecule is Cc1ccc(NC(=O)COc2ccc(Cl)cc2[C@@H]2c3sc(=O)[nH]c3S[C@@H]3[C@@H]4C[C@@H]([C@@H]5C(=O)N(c6ccccc6C(F)(F)F)C(=O)[C@@H]45)[C@H]23)cc1. The number of H-pyrrole nitrogens is 1. The Morgan fingerprint density at radius 3 is 2.47 bits per heavy atom. The number of para-hydroxylation sites is 1. The summed E-state index contributed by atoms with van der Waals surface area (Å²) in [6.45, 7) is 1.63. The van der Waals surface area contributed by atoms with Crippen LogP contribution in [0.1, 0.15) is 33.9 Å². The molecule has 0 unspecified atom stereocenters. The fourth-order valence-corrected chi connectivity index (χ4v) is 11.4. The number of fused-ring (bicyclic) bond motifs is 9. The number of halogens is 4. The number of hydrogen-bond donors (Lipinski definition) is 2. The molecule has 0 spiro atoms. The Balaban J connectivity index is 1.15. The number of aromatic amines is 1. The second kappa shape index (κ2) is 11.8. The first-order valence-corrected chi connectivity index (χ1v) is 17.7. The van der Waals surface area contributed by atoms with E-state index in [-0.39, 0.29) is 40.4 Å². The van der Waals surface area contributed by atoms with Gasteiger partial charge in [-0.2, -0.15) is 13.2 Å². The number of alkyl halides is 3. The number of imide groups is 1. The molecule has 0 radical (unpaired) electrons. The second-order valence-electron chi connectivity index (χ2n) is 12.9. The van der Waals surface area contributed by atoms with Crippen LogP contribution in [0.5, 0.6) is 5.75 Å². The van der Waals surface area contributed by atoms with Crippen molar-refractivity contribution in [3.63, 3.8) is 0 Å². The molecular weight excluding hydrogens is 699 g/mol. The Morgan fingerprint density at radius 2 is 1.73 bits per heavy atom. The van der Waals surface area contributed by atoms with Gasteiger partial charge >= 0.3 is 11.0 Å². The van der Waals surface area contributed by atoms with Crippen molar-refractivity contribution in [2.45, 2.75) is 35.7 Å². The molecule has 2 aliphatic heterocycles. The number of carbonyl (C=O) groups excluding carboxylic acids is 3. The minimum absolute atomic E-state index is 0.222. The van der Waals surface area contributed by atoms with Crippen LogP contribution in [0, 0.1) is 36.5 Å². The van der Waals surface area contributed by atoms with Gasteiger partial charge in [-0.15, -0.1) is 11.8 Å². The van der Waals surface area contributed by atoms with Crippen LogP contribution in [0.25, 0.3) is 0 Å². The highest BCUT2D eigenvalue weighted by molar-refractivity contribution is 8.00. The summed E-state index contributed by atoms with van der Waals surface area (Å²) in [6.07, 6.45) is -4.22. The Hall–Kier alpha value is -4.07. The minimum atomic E-state index is -4.76. The maximum Gasteiger partial charge on any atom is 0.418 e. The summed E-state index contributed by atoms with van der Waals surface area (Å²) in [5.41, 5.74) is 0.792. The van der Waals surface area contributed by atoms with E-state index in [0.717, 1.165) is 32.7 Å². The molecule has 2 N–H and O–H groups in total. The fraction of sp³-hybridized carbons (Fsp3) is 0.314. The summed E-state index contributed by atoms with van der Waals surface area (Å²) < 4.78 is 48.2. The zero-order valence-corrected chi connectivity index (χ0v) is 28.0. The Bertz CT molecular complexity index is 2080. The monoisotopic (exact) mass is 725 g/mol. The van der Waals surface area contributed by atoms with Crippen molar-refractivity contribution in [3.8, 4) is 5.75 Å². The van der Waals surface area contributed by atoms with Gasteiger partial charge in [0.2, 0.25) is 11.8 Å². The van der Waals surface area contributed by atoms with Gasteiger partial charge in [0, 0.05) is 32.3 Å². The lowest BCUT2D eigenvalue weighted by Crippen LogP contribution is -2.42. The van der Waals surface area contributed by atoms with E-state index in [9.17, 15) is 32.3 Å². The van der Waals surface area contributed by atoms with Gasteiger partial charge in [0.1, 0.15) is 5.75 Å². The first-order valence-electron chi connectivity index (χ1n) is 15.6. The third kappa shape index (κ3) is 5.28. The molecule has 2 bridgehead atoms. The molecule has 3 heterocycles. The number of thioether (sulfide) groups is 1. The third-order valence-electron chi connectivity index (χ3n) is 10.2. The van der Waals surface area contributed by atoms with E-state index < -0.39 is 47.0 Å². The molecule has 4 aromatic rings. The summed E-state index contributed by atoms with van der Waals surface area (Å²) in [5, 5.41) is 3.63. The first-order chi connectivity index (χ1) is 23.4. The maximum absolute atomic E-state index is 14.1. The van der Waals surface area contributed by atoms with Crippen LogP contribution in [0.2, 0.25) is 5.02 Å². The van der Waals surface area contributed by atoms with Crippen LogP contribution < -0.4 is 19.8 Å². The van der Waals surface area contributed by atoms with Gasteiger partial charge in [0.05, 0.1) is 28.1 Å². The van der Waals surface area contributed by atoms with Gasteiger partial charge in [-0.25, -0.2) is 4.90 Å². The number of nitrogens with zero attached hydrogens (tertiary/aromatic N) is 1. The van der Waals surface area contributed by atoms with Gasteiger partial charge in [0.25, 0.3) is 5.91 Å². The summed E-state index contributed by atoms with van der Waals surface area (Å²) in [4.78, 5) is 57.8. The van der Waals surface area contributed by atoms with Gasteiger partial charge in [0.15, 0.2) is 6.61 Å². The zero-order chi connectivity index (χ0) is 34.4. The van der Waals surface area contributed by atoms with Crippen molar-refractivity contribution in [3.05, 3.63) is 103 Å². The van der Waals surface area contributed by atoms with E-state index >= 15 is 0 Å². The molecule has 1 aromatic heterocycles. The molecule has 8 nitrogen and oxygen atoms in total. The van der Waals surface area contributed by atoms with Crippen molar-refractivity contribution in [1.29, 1.82) is 0 Å². The normalized spacial score (nSPS) is 26.8. The number of anilines is 2. The molecule has 3 fully saturated rings. The molecule has 49 heavy (non-hydrogen) atoms. The maximum atomic E-state index is 14.1. The Kier molecular flexibility index (Phi) is 7.72. The summed E-state index contributed by atoms with van der Waals surface area (Å²) in [5.74, 6) is -4.29. The molecule has 1 saturated heterocycles. The molecule has 8 rings (SSSR count). The van der Waals surface area contributed by atoms with Gasteiger partial charge in [-0.3, -0.25) is 19.2 Å². The number of aromatic nitrogens is 1. The van der Waals surface area contributed by atoms with E-state index in [1.807, 2.05) is 19.1 Å². The van der Waals surface area contributed by atoms with Crippen molar-refractivity contribution in [1.82, 2.24) is 4.98 Å². The lowest BCUT2D eigenvalue weighted by molar-refractivity contribution is -0.137. The third-order valence-corrected chi connectivity index (χ3v) is 13.0. The number of carbonyl (C=O) groups is 3. The average Bonchev–Trinajstić information content (AvgIpc) is 3.80. The molecule has 14 heteroatoms. The quantitative estimate of drug-likeness (QED) is 0.205. The standard InChI is InChI=1S/C35H27ClF3N3O5S2/c1-15-6-9-17(10-7-15)40-24(43)14-47-23-11-8-16(36)12-18(23)25-26-19-13-20(29(26)48-31-30(25)49-34(46)41-31)28-27(19)32(44)42(33(28)45)22-5-3-2-4-21(22)35(37,38)39/h2-12,19-20,25-29H,13-14H2,1H3,(H,40,43)(H,41,46)/t19-,20-,25+,26-,27+,28+,29-/m1/s1. The van der Waals surface area contributed by atoms with Gasteiger partial charge < -0.3 is 15.0 Å². The van der Waals surface area contributed by atoms with Gasteiger partial charge in [-0.05, 0) is 73.6 Å². The van der Waals surface area contributed by atoms with E-state index in [2.05, 4.69) is 10.3 Å². The van der Waals surface area contributed by atoms with Crippen LogP contribution in [0.15, 0.2) is 76.6 Å². The summed E-state index contributed by atoms with van der Waals surface area (Å²) in [7, 11) is 0. The molecule has 7 atom stereocenters. The van der Waals surface area contributed by atoms with E-state index in [1.54, 1.807) is 30.3 Å². The van der Waals surface area contributed by atoms with Crippen LogP contribution in [0.4, 0.5) is 24.5 Å². The lowest BCUT2D eigenvalue weighted by atomic mass is 9.68. The molecule has 2 saturated carbocycles. The Morgan fingerprint density at radius 1 is 1.02 bits per heavy atom. The number of thiazole rings is 1. The number of amides is 3. The average molecular weight is 726 g/mol.